The van der Waals surface area contributed by atoms with Gasteiger partial charge in [-0.2, -0.15) is 0 Å². The van der Waals surface area contributed by atoms with Gasteiger partial charge in [0, 0.05) is 23.1 Å². The Bertz CT molecular complexity index is 589. The molecular formula is C18H24INOSi. The van der Waals surface area contributed by atoms with Gasteiger partial charge < -0.3 is 4.90 Å². The van der Waals surface area contributed by atoms with Crippen LogP contribution in [0.15, 0.2) is 24.3 Å². The summed E-state index contributed by atoms with van der Waals surface area (Å²) >= 11 is 2.24. The second-order valence-electron chi connectivity index (χ2n) is 6.97. The summed E-state index contributed by atoms with van der Waals surface area (Å²) in [6.45, 7) is 8.57. The van der Waals surface area contributed by atoms with Gasteiger partial charge in [-0.1, -0.05) is 31.8 Å². The van der Waals surface area contributed by atoms with Crippen molar-refractivity contribution in [2.24, 2.45) is 5.92 Å². The van der Waals surface area contributed by atoms with Gasteiger partial charge in [-0.3, -0.25) is 4.79 Å². The van der Waals surface area contributed by atoms with E-state index in [4.69, 9.17) is 0 Å². The topological polar surface area (TPSA) is 20.3 Å². The molecule has 0 bridgehead atoms. The van der Waals surface area contributed by atoms with Gasteiger partial charge in [-0.15, -0.1) is 11.5 Å². The molecule has 1 heterocycles. The third-order valence-electron chi connectivity index (χ3n) is 3.86. The SMILES string of the molecule is C[Si](C)(C)C#CCC1CCN(C(=O)c2ccccc2I)CC1. The number of carbonyl (C=O) groups is 1. The number of halogens is 1. The van der Waals surface area contributed by atoms with Crippen LogP contribution in [-0.4, -0.2) is 32.0 Å². The van der Waals surface area contributed by atoms with Crippen LogP contribution in [0.5, 0.6) is 0 Å². The van der Waals surface area contributed by atoms with E-state index in [1.165, 1.54) is 0 Å². The van der Waals surface area contributed by atoms with Crippen LogP contribution >= 0.6 is 22.6 Å². The minimum atomic E-state index is -1.25. The smallest absolute Gasteiger partial charge is 0.254 e. The van der Waals surface area contributed by atoms with Crippen molar-refractivity contribution in [1.82, 2.24) is 4.90 Å². The number of rotatable bonds is 2. The van der Waals surface area contributed by atoms with Crippen LogP contribution in [0.25, 0.3) is 0 Å². The number of likely N-dealkylation sites (tertiary alicyclic amines) is 1. The predicted molar refractivity (Wildman–Crippen MR) is 104 cm³/mol. The maximum absolute atomic E-state index is 12.6. The molecule has 1 aromatic rings. The van der Waals surface area contributed by atoms with Gasteiger partial charge in [-0.25, -0.2) is 0 Å². The van der Waals surface area contributed by atoms with Crippen LogP contribution in [0.1, 0.15) is 29.6 Å². The summed E-state index contributed by atoms with van der Waals surface area (Å²) in [4.78, 5) is 14.6. The van der Waals surface area contributed by atoms with Crippen LogP contribution in [0.4, 0.5) is 0 Å². The second kappa shape index (κ2) is 7.65. The molecule has 0 spiro atoms. The van der Waals surface area contributed by atoms with E-state index in [0.29, 0.717) is 5.92 Å². The lowest BCUT2D eigenvalue weighted by Gasteiger charge is -2.31. The Morgan fingerprint density at radius 1 is 1.27 bits per heavy atom. The number of piperidine rings is 1. The molecule has 0 saturated carbocycles. The molecule has 1 aromatic carbocycles. The van der Waals surface area contributed by atoms with Crippen LogP contribution in [0.3, 0.4) is 0 Å². The molecule has 0 N–H and O–H groups in total. The Labute approximate surface area is 148 Å². The van der Waals surface area contributed by atoms with Crippen molar-refractivity contribution < 1.29 is 4.79 Å². The largest absolute Gasteiger partial charge is 0.339 e. The molecule has 4 heteroatoms. The zero-order chi connectivity index (χ0) is 16.2. The van der Waals surface area contributed by atoms with Gasteiger partial charge in [0.25, 0.3) is 5.91 Å². The number of benzene rings is 1. The molecule has 0 atom stereocenters. The molecule has 0 unspecified atom stereocenters. The quantitative estimate of drug-likeness (QED) is 0.391. The lowest BCUT2D eigenvalue weighted by atomic mass is 9.93. The Kier molecular flexibility index (Phi) is 6.10. The van der Waals surface area contributed by atoms with E-state index in [9.17, 15) is 4.79 Å². The molecule has 1 aliphatic heterocycles. The lowest BCUT2D eigenvalue weighted by Crippen LogP contribution is -2.38. The molecule has 0 aromatic heterocycles. The molecular weight excluding hydrogens is 401 g/mol. The van der Waals surface area contributed by atoms with Gasteiger partial charge in [0.05, 0.1) is 5.56 Å². The highest BCUT2D eigenvalue weighted by Crippen LogP contribution is 2.23. The Balaban J connectivity index is 1.88. The van der Waals surface area contributed by atoms with Crippen molar-refractivity contribution in [3.63, 3.8) is 0 Å². The van der Waals surface area contributed by atoms with Crippen molar-refractivity contribution >= 4 is 36.6 Å². The molecule has 2 nitrogen and oxygen atoms in total. The first-order valence-electron chi connectivity index (χ1n) is 7.90. The summed E-state index contributed by atoms with van der Waals surface area (Å²) < 4.78 is 1.04. The Morgan fingerprint density at radius 3 is 2.50 bits per heavy atom. The summed E-state index contributed by atoms with van der Waals surface area (Å²) in [5.41, 5.74) is 4.28. The zero-order valence-electron chi connectivity index (χ0n) is 13.7. The van der Waals surface area contributed by atoms with Crippen LogP contribution in [-0.2, 0) is 0 Å². The number of hydrogen-bond donors (Lipinski definition) is 0. The van der Waals surface area contributed by atoms with Gasteiger partial charge in [0.2, 0.25) is 0 Å². The van der Waals surface area contributed by atoms with Gasteiger partial charge >= 0.3 is 0 Å². The van der Waals surface area contributed by atoms with Gasteiger partial charge in [0.15, 0.2) is 0 Å². The van der Waals surface area contributed by atoms with E-state index in [2.05, 4.69) is 53.7 Å². The average molecular weight is 425 g/mol. The lowest BCUT2D eigenvalue weighted by molar-refractivity contribution is 0.0691. The Hall–Kier alpha value is -0.803. The molecule has 1 fully saturated rings. The zero-order valence-corrected chi connectivity index (χ0v) is 16.8. The van der Waals surface area contributed by atoms with E-state index in [0.717, 1.165) is 41.5 Å². The van der Waals surface area contributed by atoms with E-state index >= 15 is 0 Å². The standard InChI is InChI=1S/C18H24INOSi/c1-22(2,3)14-6-7-15-10-12-20(13-11-15)18(21)16-8-4-5-9-17(16)19/h4-5,8-9,15H,7,10-13H2,1-3H3. The molecule has 1 saturated heterocycles. The molecule has 0 aliphatic carbocycles. The van der Waals surface area contributed by atoms with E-state index in [1.54, 1.807) is 0 Å². The molecule has 1 aliphatic rings. The minimum absolute atomic E-state index is 0.177. The normalized spacial score (nSPS) is 16.1. The molecule has 2 rings (SSSR count). The van der Waals surface area contributed by atoms with Crippen molar-refractivity contribution in [2.45, 2.75) is 38.9 Å². The first kappa shape index (κ1) is 17.5. The molecule has 1 amide bonds. The highest BCUT2D eigenvalue weighted by atomic mass is 127. The highest BCUT2D eigenvalue weighted by molar-refractivity contribution is 14.1. The van der Waals surface area contributed by atoms with Gasteiger partial charge in [0.1, 0.15) is 8.07 Å². The third-order valence-corrected chi connectivity index (χ3v) is 5.73. The summed E-state index contributed by atoms with van der Waals surface area (Å²) in [6.07, 6.45) is 3.15. The fraction of sp³-hybridized carbons (Fsp3) is 0.500. The van der Waals surface area contributed by atoms with Crippen LogP contribution in [0.2, 0.25) is 19.6 Å². The maximum atomic E-state index is 12.6. The number of carbonyl (C=O) groups excluding carboxylic acids is 1. The molecule has 0 radical (unpaired) electrons. The van der Waals surface area contributed by atoms with E-state index in [-0.39, 0.29) is 5.91 Å². The minimum Gasteiger partial charge on any atom is -0.339 e. The first-order valence-corrected chi connectivity index (χ1v) is 12.5. The third kappa shape index (κ3) is 5.13. The summed E-state index contributed by atoms with van der Waals surface area (Å²) in [6, 6.07) is 7.83. The number of amides is 1. The van der Waals surface area contributed by atoms with Crippen LogP contribution < -0.4 is 0 Å². The van der Waals surface area contributed by atoms with Crippen LogP contribution in [0, 0.1) is 21.0 Å². The Morgan fingerprint density at radius 2 is 1.91 bits per heavy atom. The fourth-order valence-corrected chi connectivity index (χ4v) is 3.86. The van der Waals surface area contributed by atoms with Gasteiger partial charge in [-0.05, 0) is 53.5 Å². The first-order chi connectivity index (χ1) is 10.4. The number of nitrogens with zero attached hydrogens (tertiary/aromatic N) is 1. The van der Waals surface area contributed by atoms with Crippen molar-refractivity contribution in [3.05, 3.63) is 33.4 Å². The maximum Gasteiger partial charge on any atom is 0.254 e. The summed E-state index contributed by atoms with van der Waals surface area (Å²) in [5, 5.41) is 0. The summed E-state index contributed by atoms with van der Waals surface area (Å²) in [7, 11) is -1.25. The monoisotopic (exact) mass is 425 g/mol. The highest BCUT2D eigenvalue weighted by Gasteiger charge is 2.24. The predicted octanol–water partition coefficient (Wildman–Crippen LogP) is 4.41. The van der Waals surface area contributed by atoms with E-state index in [1.807, 2.05) is 29.2 Å². The molecule has 118 valence electrons. The average Bonchev–Trinajstić information content (AvgIpc) is 2.46. The van der Waals surface area contributed by atoms with Crippen molar-refractivity contribution in [1.29, 1.82) is 0 Å². The molecule has 22 heavy (non-hydrogen) atoms. The fourth-order valence-electron chi connectivity index (χ4n) is 2.61. The van der Waals surface area contributed by atoms with Crippen molar-refractivity contribution in [2.75, 3.05) is 13.1 Å². The second-order valence-corrected chi connectivity index (χ2v) is 12.9. The van der Waals surface area contributed by atoms with Crippen molar-refractivity contribution in [3.8, 4) is 11.5 Å². The summed E-state index contributed by atoms with van der Waals surface area (Å²) in [5.74, 6) is 4.22. The van der Waals surface area contributed by atoms with E-state index < -0.39 is 8.07 Å². The number of hydrogen-bond acceptors (Lipinski definition) is 1.